The minimum absolute atomic E-state index is 0.0493. The Balaban J connectivity index is 1.15. The van der Waals surface area contributed by atoms with Crippen molar-refractivity contribution in [3.05, 3.63) is 161 Å². The number of nitrogens with one attached hydrogen (secondary N) is 1. The first-order chi connectivity index (χ1) is 25.4. The topological polar surface area (TPSA) is 111 Å². The van der Waals surface area contributed by atoms with Gasteiger partial charge < -0.3 is 24.3 Å². The predicted octanol–water partition coefficient (Wildman–Crippen LogP) is 9.54. The van der Waals surface area contributed by atoms with Crippen molar-refractivity contribution >= 4 is 29.1 Å². The second-order valence-corrected chi connectivity index (χ2v) is 13.7. The molecule has 1 amide bonds. The summed E-state index contributed by atoms with van der Waals surface area (Å²) < 4.78 is 19.8. The van der Waals surface area contributed by atoms with E-state index in [1.807, 2.05) is 91.0 Å². The number of ether oxygens (including phenoxy) is 2. The molecule has 0 saturated carbocycles. The van der Waals surface area contributed by atoms with Gasteiger partial charge in [0.25, 0.3) is 11.1 Å². The van der Waals surface area contributed by atoms with E-state index in [0.29, 0.717) is 39.1 Å². The minimum atomic E-state index is -0.776. The van der Waals surface area contributed by atoms with Gasteiger partial charge in [0.2, 0.25) is 0 Å². The van der Waals surface area contributed by atoms with Crippen molar-refractivity contribution in [1.82, 2.24) is 4.98 Å². The van der Waals surface area contributed by atoms with E-state index in [1.165, 1.54) is 18.7 Å². The van der Waals surface area contributed by atoms with Gasteiger partial charge in [-0.15, -0.1) is 0 Å². The lowest BCUT2D eigenvalue weighted by Crippen LogP contribution is -2.38. The zero-order chi connectivity index (χ0) is 36.0. The number of rotatable bonds is 11. The summed E-state index contributed by atoms with van der Waals surface area (Å²) in [5.41, 5.74) is 6.62. The number of benzene rings is 5. The van der Waals surface area contributed by atoms with E-state index in [2.05, 4.69) is 12.2 Å². The van der Waals surface area contributed by atoms with Crippen molar-refractivity contribution in [2.24, 2.45) is 5.92 Å². The molecule has 52 heavy (non-hydrogen) atoms. The molecule has 0 bridgehead atoms. The average Bonchev–Trinajstić information content (AvgIpc) is 3.63. The molecule has 1 aliphatic heterocycles. The molecule has 1 saturated heterocycles. The van der Waals surface area contributed by atoms with Crippen LogP contribution in [0.1, 0.15) is 63.6 Å². The molecule has 0 aliphatic carbocycles. The molecule has 0 radical (unpaired) electrons. The summed E-state index contributed by atoms with van der Waals surface area (Å²) in [5, 5.41) is 13.1. The highest BCUT2D eigenvalue weighted by Gasteiger charge is 2.39. The molecule has 2 heterocycles. The third-order valence-corrected chi connectivity index (χ3v) is 10.0. The minimum Gasteiger partial charge on any atom is -0.431 e. The van der Waals surface area contributed by atoms with Gasteiger partial charge in [-0.2, -0.15) is 0 Å². The maximum atomic E-state index is 13.4. The van der Waals surface area contributed by atoms with Gasteiger partial charge in [-0.3, -0.25) is 9.59 Å². The number of ketones is 1. The van der Waals surface area contributed by atoms with Crippen molar-refractivity contribution in [1.29, 1.82) is 0 Å². The van der Waals surface area contributed by atoms with Crippen LogP contribution in [-0.2, 0) is 16.1 Å². The number of amides is 1. The Morgan fingerprint density at radius 3 is 2.17 bits per heavy atom. The zero-order valence-electron chi connectivity index (χ0n) is 28.8. The first kappa shape index (κ1) is 35.1. The number of aliphatic hydroxyl groups excluding tert-OH is 1. The summed E-state index contributed by atoms with van der Waals surface area (Å²) in [4.78, 5) is 30.2. The van der Waals surface area contributed by atoms with Crippen LogP contribution in [0.5, 0.6) is 0 Å². The van der Waals surface area contributed by atoms with Gasteiger partial charge in [0.1, 0.15) is 5.69 Å². The molecule has 7 rings (SSSR count). The molecular weight excluding hydrogens is 673 g/mol. The van der Waals surface area contributed by atoms with Gasteiger partial charge in [-0.1, -0.05) is 128 Å². The van der Waals surface area contributed by atoms with Gasteiger partial charge in [0.15, 0.2) is 17.8 Å². The molecule has 1 aromatic heterocycles. The number of hydrogen-bond acceptors (Lipinski definition) is 8. The average molecular weight is 711 g/mol. The summed E-state index contributed by atoms with van der Waals surface area (Å²) >= 11 is 1.49. The van der Waals surface area contributed by atoms with Crippen LogP contribution in [0.2, 0.25) is 0 Å². The Hall–Kier alpha value is -5.32. The van der Waals surface area contributed by atoms with E-state index in [4.69, 9.17) is 18.9 Å². The SMILES string of the molecule is CC(=O)c1cccc(NC(=O)c2cccc(C3OC(CSc4nc(-c5ccccc5)c(-c5ccccc5)o4)C(C)C(c4ccc(CO)cc4)O3)c2)c1. The van der Waals surface area contributed by atoms with E-state index >= 15 is 0 Å². The summed E-state index contributed by atoms with van der Waals surface area (Å²) in [5.74, 6) is 0.770. The predicted molar refractivity (Wildman–Crippen MR) is 202 cm³/mol. The largest absolute Gasteiger partial charge is 0.431 e. The van der Waals surface area contributed by atoms with Crippen LogP contribution in [0.4, 0.5) is 5.69 Å². The van der Waals surface area contributed by atoms with Crippen molar-refractivity contribution in [3.8, 4) is 22.6 Å². The first-order valence-corrected chi connectivity index (χ1v) is 18.1. The third kappa shape index (κ3) is 7.93. The van der Waals surface area contributed by atoms with Crippen LogP contribution >= 0.6 is 11.8 Å². The summed E-state index contributed by atoms with van der Waals surface area (Å²) in [7, 11) is 0. The van der Waals surface area contributed by atoms with Gasteiger partial charge in [0, 0.05) is 45.2 Å². The smallest absolute Gasteiger partial charge is 0.256 e. The van der Waals surface area contributed by atoms with E-state index in [-0.39, 0.29) is 36.4 Å². The number of aliphatic hydroxyl groups is 1. The molecule has 2 N–H and O–H groups in total. The van der Waals surface area contributed by atoms with E-state index in [1.54, 1.807) is 42.5 Å². The Labute approximate surface area is 306 Å². The van der Waals surface area contributed by atoms with Crippen molar-refractivity contribution < 1.29 is 28.6 Å². The number of Topliss-reactive ketones (excluding diaryl/α,β-unsaturated/α-hetero) is 1. The maximum absolute atomic E-state index is 13.4. The van der Waals surface area contributed by atoms with Gasteiger partial charge in [-0.05, 0) is 42.3 Å². The molecule has 9 heteroatoms. The number of nitrogens with zero attached hydrogens (tertiary/aromatic N) is 1. The Bertz CT molecular complexity index is 2100. The van der Waals surface area contributed by atoms with Crippen LogP contribution in [-0.4, -0.2) is 33.6 Å². The monoisotopic (exact) mass is 710 g/mol. The molecule has 262 valence electrons. The molecule has 8 nitrogen and oxygen atoms in total. The van der Waals surface area contributed by atoms with Crippen molar-refractivity contribution in [2.45, 2.75) is 44.2 Å². The second-order valence-electron chi connectivity index (χ2n) is 12.7. The Morgan fingerprint density at radius 1 is 0.769 bits per heavy atom. The second kappa shape index (κ2) is 15.9. The molecule has 1 aliphatic rings. The van der Waals surface area contributed by atoms with Gasteiger partial charge in [-0.25, -0.2) is 4.98 Å². The summed E-state index contributed by atoms with van der Waals surface area (Å²) in [6.07, 6.45) is -1.40. The quantitative estimate of drug-likeness (QED) is 0.101. The van der Waals surface area contributed by atoms with Crippen LogP contribution < -0.4 is 5.32 Å². The van der Waals surface area contributed by atoms with E-state index in [9.17, 15) is 14.7 Å². The summed E-state index contributed by atoms with van der Waals surface area (Å²) in [6.45, 7) is 3.54. The number of hydrogen-bond donors (Lipinski definition) is 2. The normalized spacial score (nSPS) is 18.5. The Morgan fingerprint density at radius 2 is 1.46 bits per heavy atom. The van der Waals surface area contributed by atoms with Crippen molar-refractivity contribution in [3.63, 3.8) is 0 Å². The fraction of sp³-hybridized carbons (Fsp3) is 0.186. The third-order valence-electron chi connectivity index (χ3n) is 9.13. The number of oxazole rings is 1. The number of thioether (sulfide) groups is 1. The maximum Gasteiger partial charge on any atom is 0.256 e. The molecule has 6 aromatic rings. The van der Waals surface area contributed by atoms with E-state index in [0.717, 1.165) is 27.9 Å². The molecule has 1 fully saturated rings. The molecule has 0 spiro atoms. The standard InChI is InChI=1S/C43H38N2O6S/c1-27-37(26-52-43-45-38(30-11-5-3-6-12-30)40(51-43)31-13-7-4-8-14-31)49-42(50-39(27)32-21-19-29(25-46)20-22-32)35-17-9-16-34(23-35)41(48)44-36-18-10-15-33(24-36)28(2)47/h3-24,27,37,39,42,46H,25-26H2,1-2H3,(H,44,48). The van der Waals surface area contributed by atoms with Crippen LogP contribution in [0.15, 0.2) is 143 Å². The van der Waals surface area contributed by atoms with Gasteiger partial charge >= 0.3 is 0 Å². The number of aromatic nitrogens is 1. The molecular formula is C43H38N2O6S. The highest BCUT2D eigenvalue weighted by molar-refractivity contribution is 7.99. The van der Waals surface area contributed by atoms with Crippen LogP contribution in [0.3, 0.4) is 0 Å². The fourth-order valence-electron chi connectivity index (χ4n) is 6.25. The van der Waals surface area contributed by atoms with Crippen LogP contribution in [0.25, 0.3) is 22.6 Å². The number of carbonyl (C=O) groups excluding carboxylic acids is 2. The lowest BCUT2D eigenvalue weighted by molar-refractivity contribution is -0.268. The lowest BCUT2D eigenvalue weighted by atomic mass is 9.91. The number of carbonyl (C=O) groups is 2. The van der Waals surface area contributed by atoms with Crippen molar-refractivity contribution in [2.75, 3.05) is 11.1 Å². The first-order valence-electron chi connectivity index (χ1n) is 17.1. The zero-order valence-corrected chi connectivity index (χ0v) is 29.6. The van der Waals surface area contributed by atoms with Gasteiger partial charge in [0.05, 0.1) is 18.8 Å². The number of anilines is 1. The molecule has 5 aromatic carbocycles. The summed E-state index contributed by atoms with van der Waals surface area (Å²) in [6, 6.07) is 41.8. The molecule has 4 atom stereocenters. The Kier molecular flexibility index (Phi) is 10.7. The highest BCUT2D eigenvalue weighted by atomic mass is 32.2. The molecule has 4 unspecified atom stereocenters. The fourth-order valence-corrected chi connectivity index (χ4v) is 7.24. The van der Waals surface area contributed by atoms with Crippen LogP contribution in [0, 0.1) is 5.92 Å². The lowest BCUT2D eigenvalue weighted by Gasteiger charge is -2.41. The van der Waals surface area contributed by atoms with E-state index < -0.39 is 6.29 Å². The highest BCUT2D eigenvalue weighted by Crippen LogP contribution is 2.44.